The van der Waals surface area contributed by atoms with E-state index in [0.717, 1.165) is 5.69 Å². The lowest BCUT2D eigenvalue weighted by molar-refractivity contribution is -0.120. The van der Waals surface area contributed by atoms with Gasteiger partial charge in [-0.05, 0) is 61.7 Å². The zero-order valence-corrected chi connectivity index (χ0v) is 26.4. The summed E-state index contributed by atoms with van der Waals surface area (Å²) in [5.74, 6) is -1.95. The molecule has 10 nitrogen and oxygen atoms in total. The Balaban J connectivity index is 1.24. The molecule has 0 spiro atoms. The van der Waals surface area contributed by atoms with Crippen LogP contribution >= 0.6 is 0 Å². The Bertz CT molecular complexity index is 1720. The van der Waals surface area contributed by atoms with E-state index in [9.17, 15) is 22.8 Å². The van der Waals surface area contributed by atoms with Crippen molar-refractivity contribution < 1.29 is 27.5 Å². The Morgan fingerprint density at radius 3 is 2.36 bits per heavy atom. The zero-order chi connectivity index (χ0) is 31.7. The standard InChI is InChI=1S/C34H38N4O6S/c1-23-9-12-29(24(2)19-23)36-14-16-37(17-15-36)33(40)28-11-10-26(20-30(28)38-13-6-18-45(38,42)43)31-27(21-35-32(31)39)22-44-34(41)25-7-4-3-5-8-25/h3-5,7-12,19-20,27,31H,6,13-18,21-22H2,1-2H3,(H,35,39)/t27?,31-/m0/s1. The minimum Gasteiger partial charge on any atom is -0.462 e. The fourth-order valence-electron chi connectivity index (χ4n) is 6.61. The molecule has 3 aromatic rings. The van der Waals surface area contributed by atoms with Crippen LogP contribution in [0.4, 0.5) is 11.4 Å². The predicted octanol–water partition coefficient (Wildman–Crippen LogP) is 3.49. The van der Waals surface area contributed by atoms with Crippen LogP contribution in [0.25, 0.3) is 0 Å². The first-order chi connectivity index (χ1) is 21.6. The van der Waals surface area contributed by atoms with Crippen LogP contribution in [0.15, 0.2) is 66.7 Å². The van der Waals surface area contributed by atoms with Crippen molar-refractivity contribution >= 4 is 39.2 Å². The molecule has 3 fully saturated rings. The number of carbonyl (C=O) groups excluding carboxylic acids is 3. The number of esters is 1. The van der Waals surface area contributed by atoms with E-state index in [1.54, 1.807) is 47.4 Å². The molecule has 0 saturated carbocycles. The molecular formula is C34H38N4O6S. The maximum absolute atomic E-state index is 14.0. The monoisotopic (exact) mass is 630 g/mol. The van der Waals surface area contributed by atoms with Crippen LogP contribution in [0.5, 0.6) is 0 Å². The highest BCUT2D eigenvalue weighted by molar-refractivity contribution is 7.93. The van der Waals surface area contributed by atoms with E-state index in [4.69, 9.17) is 4.74 Å². The second kappa shape index (κ2) is 12.5. The molecule has 1 N–H and O–H groups in total. The SMILES string of the molecule is Cc1ccc(N2CCN(C(=O)c3ccc([C@@H]4C(=O)NCC4COC(=O)c4ccccc4)cc3N3CCCS3(=O)=O)CC2)c(C)c1. The van der Waals surface area contributed by atoms with Gasteiger partial charge < -0.3 is 19.9 Å². The summed E-state index contributed by atoms with van der Waals surface area (Å²) in [5, 5.41) is 2.86. The maximum Gasteiger partial charge on any atom is 0.338 e. The third-order valence-corrected chi connectivity index (χ3v) is 10.8. The van der Waals surface area contributed by atoms with Gasteiger partial charge in [0.1, 0.15) is 0 Å². The Hall–Kier alpha value is -4.38. The van der Waals surface area contributed by atoms with Gasteiger partial charge in [-0.2, -0.15) is 0 Å². The molecule has 1 unspecified atom stereocenters. The summed E-state index contributed by atoms with van der Waals surface area (Å²) in [6, 6.07) is 20.1. The van der Waals surface area contributed by atoms with Gasteiger partial charge in [-0.15, -0.1) is 0 Å². The van der Waals surface area contributed by atoms with Crippen LogP contribution in [0.3, 0.4) is 0 Å². The lowest BCUT2D eigenvalue weighted by Crippen LogP contribution is -2.49. The van der Waals surface area contributed by atoms with Gasteiger partial charge in [0, 0.05) is 50.9 Å². The highest BCUT2D eigenvalue weighted by Crippen LogP contribution is 2.36. The van der Waals surface area contributed by atoms with E-state index in [-0.39, 0.29) is 36.6 Å². The fourth-order valence-corrected chi connectivity index (χ4v) is 8.19. The van der Waals surface area contributed by atoms with Crippen molar-refractivity contribution in [2.45, 2.75) is 26.2 Å². The summed E-state index contributed by atoms with van der Waals surface area (Å²) in [7, 11) is -3.61. The maximum atomic E-state index is 14.0. The molecule has 236 valence electrons. The molecule has 3 aliphatic rings. The normalized spacial score (nSPS) is 21.1. The molecule has 0 aromatic heterocycles. The number of amides is 2. The first-order valence-corrected chi connectivity index (χ1v) is 17.0. The third-order valence-electron chi connectivity index (χ3n) is 8.97. The van der Waals surface area contributed by atoms with Gasteiger partial charge in [0.25, 0.3) is 5.91 Å². The van der Waals surface area contributed by atoms with Crippen molar-refractivity contribution in [1.82, 2.24) is 10.2 Å². The number of rotatable bonds is 7. The number of anilines is 2. The number of nitrogens with zero attached hydrogens (tertiary/aromatic N) is 3. The quantitative estimate of drug-likeness (QED) is 0.398. The van der Waals surface area contributed by atoms with Gasteiger partial charge in [0.05, 0.1) is 35.1 Å². The second-order valence-corrected chi connectivity index (χ2v) is 14.0. The number of nitrogens with one attached hydrogen (secondary N) is 1. The average molecular weight is 631 g/mol. The van der Waals surface area contributed by atoms with Crippen LogP contribution < -0.4 is 14.5 Å². The highest BCUT2D eigenvalue weighted by Gasteiger charge is 2.39. The van der Waals surface area contributed by atoms with Crippen molar-refractivity contribution in [2.24, 2.45) is 5.92 Å². The van der Waals surface area contributed by atoms with E-state index in [0.29, 0.717) is 61.5 Å². The van der Waals surface area contributed by atoms with Crippen molar-refractivity contribution in [1.29, 1.82) is 0 Å². The molecule has 0 aliphatic carbocycles. The van der Waals surface area contributed by atoms with Crippen molar-refractivity contribution in [3.8, 4) is 0 Å². The molecule has 3 saturated heterocycles. The van der Waals surface area contributed by atoms with Crippen molar-refractivity contribution in [3.05, 3.63) is 94.5 Å². The number of carbonyl (C=O) groups is 3. The lowest BCUT2D eigenvalue weighted by Gasteiger charge is -2.37. The number of benzene rings is 3. The second-order valence-electron chi connectivity index (χ2n) is 12.0. The molecule has 3 aliphatic heterocycles. The van der Waals surface area contributed by atoms with Gasteiger partial charge in [-0.25, -0.2) is 13.2 Å². The Morgan fingerprint density at radius 2 is 1.67 bits per heavy atom. The van der Waals surface area contributed by atoms with Crippen LogP contribution in [0.1, 0.15) is 49.7 Å². The lowest BCUT2D eigenvalue weighted by atomic mass is 9.87. The first kappa shape index (κ1) is 30.6. The Morgan fingerprint density at radius 1 is 0.911 bits per heavy atom. The molecular weight excluding hydrogens is 592 g/mol. The van der Waals surface area contributed by atoms with Gasteiger partial charge in [0.15, 0.2) is 0 Å². The van der Waals surface area contributed by atoms with E-state index in [1.165, 1.54) is 15.4 Å². The smallest absolute Gasteiger partial charge is 0.338 e. The molecule has 2 amide bonds. The fraction of sp³-hybridized carbons (Fsp3) is 0.382. The third kappa shape index (κ3) is 6.26. The summed E-state index contributed by atoms with van der Waals surface area (Å²) < 4.78 is 33.1. The highest BCUT2D eigenvalue weighted by atomic mass is 32.2. The summed E-state index contributed by atoms with van der Waals surface area (Å²) >= 11 is 0. The molecule has 3 heterocycles. The molecule has 6 rings (SSSR count). The molecule has 3 aromatic carbocycles. The van der Waals surface area contributed by atoms with Crippen LogP contribution in [-0.2, 0) is 19.6 Å². The van der Waals surface area contributed by atoms with Gasteiger partial charge in [0.2, 0.25) is 15.9 Å². The predicted molar refractivity (Wildman–Crippen MR) is 172 cm³/mol. The zero-order valence-electron chi connectivity index (χ0n) is 25.6. The van der Waals surface area contributed by atoms with Gasteiger partial charge in [-0.1, -0.05) is 42.0 Å². The number of hydrogen-bond donors (Lipinski definition) is 1. The van der Waals surface area contributed by atoms with Crippen molar-refractivity contribution in [3.63, 3.8) is 0 Å². The van der Waals surface area contributed by atoms with E-state index < -0.39 is 21.9 Å². The van der Waals surface area contributed by atoms with Crippen molar-refractivity contribution in [2.75, 3.05) is 60.8 Å². The van der Waals surface area contributed by atoms with Crippen LogP contribution in [0.2, 0.25) is 0 Å². The number of ether oxygens (including phenoxy) is 1. The molecule has 0 bridgehead atoms. The van der Waals surface area contributed by atoms with Gasteiger partial charge in [-0.3, -0.25) is 13.9 Å². The number of piperazine rings is 1. The molecule has 11 heteroatoms. The summed E-state index contributed by atoms with van der Waals surface area (Å²) in [6.07, 6.45) is 0.455. The van der Waals surface area contributed by atoms with Crippen LogP contribution in [0, 0.1) is 19.8 Å². The largest absolute Gasteiger partial charge is 0.462 e. The topological polar surface area (TPSA) is 116 Å². The summed E-state index contributed by atoms with van der Waals surface area (Å²) in [5.41, 5.74) is 5.15. The minimum atomic E-state index is -3.61. The summed E-state index contributed by atoms with van der Waals surface area (Å²) in [4.78, 5) is 43.6. The number of sulfonamides is 1. The van der Waals surface area contributed by atoms with Gasteiger partial charge >= 0.3 is 5.97 Å². The number of hydrogen-bond acceptors (Lipinski definition) is 7. The summed E-state index contributed by atoms with van der Waals surface area (Å²) in [6.45, 7) is 7.08. The number of aryl methyl sites for hydroxylation is 2. The average Bonchev–Trinajstić information content (AvgIpc) is 3.60. The molecule has 2 atom stereocenters. The first-order valence-electron chi connectivity index (χ1n) is 15.4. The minimum absolute atomic E-state index is 0.00140. The van der Waals surface area contributed by atoms with E-state index in [1.807, 2.05) is 6.07 Å². The molecule has 45 heavy (non-hydrogen) atoms. The molecule has 0 radical (unpaired) electrons. The van der Waals surface area contributed by atoms with E-state index in [2.05, 4.69) is 42.3 Å². The van der Waals surface area contributed by atoms with Crippen LogP contribution in [-0.4, -0.2) is 82.7 Å². The van der Waals surface area contributed by atoms with E-state index >= 15 is 0 Å². The Kier molecular flexibility index (Phi) is 8.54. The Labute approximate surface area is 264 Å².